The maximum atomic E-state index is 5.38. The summed E-state index contributed by atoms with van der Waals surface area (Å²) in [6.07, 6.45) is 1.89. The molecule has 0 saturated carbocycles. The molecular weight excluding hydrogens is 236 g/mol. The number of ether oxygens (including phenoxy) is 1. The molecule has 0 amide bonds. The second kappa shape index (κ2) is 6.34. The highest BCUT2D eigenvalue weighted by Gasteiger charge is 2.10. The fourth-order valence-corrected chi connectivity index (χ4v) is 1.99. The first-order chi connectivity index (χ1) is 9.20. The Kier molecular flexibility index (Phi) is 4.53. The Morgan fingerprint density at radius 1 is 1.21 bits per heavy atom. The predicted octanol–water partition coefficient (Wildman–Crippen LogP) is 3.25. The normalized spacial score (nSPS) is 12.2. The highest BCUT2D eigenvalue weighted by atomic mass is 16.5. The second-order valence-electron chi connectivity index (χ2n) is 4.67. The molecule has 2 rings (SSSR count). The van der Waals surface area contributed by atoms with E-state index in [9.17, 15) is 0 Å². The van der Waals surface area contributed by atoms with Crippen molar-refractivity contribution in [3.8, 4) is 5.75 Å². The molecule has 0 spiro atoms. The van der Waals surface area contributed by atoms with Gasteiger partial charge in [0.15, 0.2) is 0 Å². The first kappa shape index (κ1) is 13.6. The summed E-state index contributed by atoms with van der Waals surface area (Å²) in [6, 6.07) is 12.4. The molecule has 100 valence electrons. The first-order valence-corrected chi connectivity index (χ1v) is 6.48. The lowest BCUT2D eigenvalue weighted by molar-refractivity contribution is 0.401. The van der Waals surface area contributed by atoms with Crippen molar-refractivity contribution in [2.75, 3.05) is 7.11 Å². The van der Waals surface area contributed by atoms with Gasteiger partial charge in [-0.1, -0.05) is 24.3 Å². The van der Waals surface area contributed by atoms with E-state index in [0.717, 1.165) is 23.6 Å². The Labute approximate surface area is 114 Å². The van der Waals surface area contributed by atoms with Crippen LogP contribution in [0.4, 0.5) is 0 Å². The molecule has 1 aromatic carbocycles. The van der Waals surface area contributed by atoms with Gasteiger partial charge in [-0.3, -0.25) is 4.98 Å². The van der Waals surface area contributed by atoms with Gasteiger partial charge in [0.2, 0.25) is 0 Å². The van der Waals surface area contributed by atoms with Gasteiger partial charge in [-0.25, -0.2) is 0 Å². The molecule has 1 N–H and O–H groups in total. The number of nitrogens with one attached hydrogen (secondary N) is 1. The van der Waals surface area contributed by atoms with E-state index in [1.807, 2.05) is 31.3 Å². The van der Waals surface area contributed by atoms with Crippen LogP contribution in [0.1, 0.15) is 29.8 Å². The zero-order valence-corrected chi connectivity index (χ0v) is 11.7. The number of pyridine rings is 1. The van der Waals surface area contributed by atoms with E-state index < -0.39 is 0 Å². The zero-order chi connectivity index (χ0) is 13.7. The van der Waals surface area contributed by atoms with Crippen molar-refractivity contribution in [2.45, 2.75) is 26.4 Å². The van der Waals surface area contributed by atoms with Crippen molar-refractivity contribution in [2.24, 2.45) is 0 Å². The molecule has 1 aromatic heterocycles. The van der Waals surface area contributed by atoms with Crippen LogP contribution in [-0.4, -0.2) is 12.1 Å². The summed E-state index contributed by atoms with van der Waals surface area (Å²) in [5, 5.41) is 3.47. The Balaban J connectivity index is 2.01. The molecule has 0 bridgehead atoms. The van der Waals surface area contributed by atoms with Crippen LogP contribution in [0.3, 0.4) is 0 Å². The minimum Gasteiger partial charge on any atom is -0.496 e. The van der Waals surface area contributed by atoms with E-state index in [1.165, 1.54) is 5.56 Å². The number of para-hydroxylation sites is 1. The van der Waals surface area contributed by atoms with Crippen LogP contribution in [0.25, 0.3) is 0 Å². The highest BCUT2D eigenvalue weighted by molar-refractivity contribution is 5.35. The van der Waals surface area contributed by atoms with Crippen LogP contribution in [0.5, 0.6) is 5.75 Å². The molecule has 0 fully saturated rings. The molecule has 1 heterocycles. The molecule has 3 heteroatoms. The summed E-state index contributed by atoms with van der Waals surface area (Å²) in [4.78, 5) is 4.39. The molecule has 0 unspecified atom stereocenters. The number of nitrogens with zero attached hydrogens (tertiary/aromatic N) is 1. The van der Waals surface area contributed by atoms with E-state index in [0.29, 0.717) is 0 Å². The third-order valence-electron chi connectivity index (χ3n) is 3.17. The van der Waals surface area contributed by atoms with Crippen LogP contribution in [-0.2, 0) is 6.54 Å². The standard InChI is InChI=1S/C16H20N2O/c1-12-8-9-14(18-10-12)11-17-13(2)15-6-4-5-7-16(15)19-3/h4-10,13,17H,11H2,1-3H3/t13-/m1/s1. The number of methoxy groups -OCH3 is 1. The lowest BCUT2D eigenvalue weighted by Gasteiger charge is -2.17. The van der Waals surface area contributed by atoms with Crippen LogP contribution < -0.4 is 10.1 Å². The van der Waals surface area contributed by atoms with Crippen LogP contribution >= 0.6 is 0 Å². The summed E-state index contributed by atoms with van der Waals surface area (Å²) in [7, 11) is 1.70. The molecular formula is C16H20N2O. The average Bonchev–Trinajstić information content (AvgIpc) is 2.46. The molecule has 0 aliphatic rings. The monoisotopic (exact) mass is 256 g/mol. The number of benzene rings is 1. The van der Waals surface area contributed by atoms with Gasteiger partial charge < -0.3 is 10.1 Å². The van der Waals surface area contributed by atoms with Gasteiger partial charge in [-0.05, 0) is 31.5 Å². The molecule has 19 heavy (non-hydrogen) atoms. The number of aromatic nitrogens is 1. The average molecular weight is 256 g/mol. The number of rotatable bonds is 5. The van der Waals surface area contributed by atoms with E-state index in [-0.39, 0.29) is 6.04 Å². The van der Waals surface area contributed by atoms with E-state index in [1.54, 1.807) is 7.11 Å². The molecule has 0 aliphatic heterocycles. The number of aryl methyl sites for hydroxylation is 1. The van der Waals surface area contributed by atoms with Gasteiger partial charge in [-0.2, -0.15) is 0 Å². The predicted molar refractivity (Wildman–Crippen MR) is 77.2 cm³/mol. The van der Waals surface area contributed by atoms with Crippen LogP contribution in [0, 0.1) is 6.92 Å². The van der Waals surface area contributed by atoms with E-state index in [4.69, 9.17) is 4.74 Å². The van der Waals surface area contributed by atoms with E-state index >= 15 is 0 Å². The Morgan fingerprint density at radius 3 is 2.68 bits per heavy atom. The highest BCUT2D eigenvalue weighted by Crippen LogP contribution is 2.24. The Bertz CT molecular complexity index is 523. The van der Waals surface area contributed by atoms with Crippen LogP contribution in [0.15, 0.2) is 42.6 Å². The van der Waals surface area contributed by atoms with Gasteiger partial charge in [0.05, 0.1) is 12.8 Å². The summed E-state index contributed by atoms with van der Waals surface area (Å²) in [5.41, 5.74) is 3.39. The van der Waals surface area contributed by atoms with Crippen molar-refractivity contribution in [1.29, 1.82) is 0 Å². The molecule has 1 atom stereocenters. The Hall–Kier alpha value is -1.87. The summed E-state index contributed by atoms with van der Waals surface area (Å²) < 4.78 is 5.38. The SMILES string of the molecule is COc1ccccc1[C@@H](C)NCc1ccc(C)cn1. The van der Waals surface area contributed by atoms with Crippen molar-refractivity contribution in [3.05, 3.63) is 59.4 Å². The fourth-order valence-electron chi connectivity index (χ4n) is 1.99. The Morgan fingerprint density at radius 2 is 2.00 bits per heavy atom. The second-order valence-corrected chi connectivity index (χ2v) is 4.67. The van der Waals surface area contributed by atoms with Crippen molar-refractivity contribution in [3.63, 3.8) is 0 Å². The van der Waals surface area contributed by atoms with E-state index in [2.05, 4.69) is 35.4 Å². The minimum atomic E-state index is 0.222. The fraction of sp³-hybridized carbons (Fsp3) is 0.312. The third-order valence-corrected chi connectivity index (χ3v) is 3.17. The van der Waals surface area contributed by atoms with Crippen LogP contribution in [0.2, 0.25) is 0 Å². The first-order valence-electron chi connectivity index (χ1n) is 6.48. The summed E-state index contributed by atoms with van der Waals surface area (Å²) >= 11 is 0. The molecule has 0 aliphatic carbocycles. The largest absolute Gasteiger partial charge is 0.496 e. The summed E-state index contributed by atoms with van der Waals surface area (Å²) in [5.74, 6) is 0.916. The number of hydrogen-bond donors (Lipinski definition) is 1. The lowest BCUT2D eigenvalue weighted by Crippen LogP contribution is -2.19. The number of hydrogen-bond acceptors (Lipinski definition) is 3. The zero-order valence-electron chi connectivity index (χ0n) is 11.7. The third kappa shape index (κ3) is 3.55. The van der Waals surface area contributed by atoms with Gasteiger partial charge in [0.1, 0.15) is 5.75 Å². The smallest absolute Gasteiger partial charge is 0.123 e. The van der Waals surface area contributed by atoms with Crippen molar-refractivity contribution >= 4 is 0 Å². The van der Waals surface area contributed by atoms with Gasteiger partial charge >= 0.3 is 0 Å². The molecule has 2 aromatic rings. The van der Waals surface area contributed by atoms with Gasteiger partial charge in [-0.15, -0.1) is 0 Å². The molecule has 0 saturated heterocycles. The molecule has 3 nitrogen and oxygen atoms in total. The van der Waals surface area contributed by atoms with Crippen molar-refractivity contribution in [1.82, 2.24) is 10.3 Å². The molecule has 0 radical (unpaired) electrons. The maximum Gasteiger partial charge on any atom is 0.123 e. The quantitative estimate of drug-likeness (QED) is 0.891. The maximum absolute atomic E-state index is 5.38. The van der Waals surface area contributed by atoms with Gasteiger partial charge in [0.25, 0.3) is 0 Å². The minimum absolute atomic E-state index is 0.222. The van der Waals surface area contributed by atoms with Gasteiger partial charge in [0, 0.05) is 24.3 Å². The summed E-state index contributed by atoms with van der Waals surface area (Å²) in [6.45, 7) is 4.92. The topological polar surface area (TPSA) is 34.1 Å². The van der Waals surface area contributed by atoms with Crippen molar-refractivity contribution < 1.29 is 4.74 Å². The lowest BCUT2D eigenvalue weighted by atomic mass is 10.1.